The van der Waals surface area contributed by atoms with Crippen molar-refractivity contribution in [2.45, 2.75) is 60.3 Å². The molecule has 0 unspecified atom stereocenters. The minimum absolute atomic E-state index is 0. The van der Waals surface area contributed by atoms with E-state index >= 15 is 0 Å². The van der Waals surface area contributed by atoms with Crippen LogP contribution >= 0.6 is 0 Å². The van der Waals surface area contributed by atoms with Crippen LogP contribution in [0, 0.1) is 11.8 Å². The number of Topliss-reactive ketones (excluding diaryl/α,β-unsaturated/α-hetero) is 1. The molecule has 19 heavy (non-hydrogen) atoms. The average molecular weight is 277 g/mol. The molecule has 0 aromatic carbocycles. The maximum atomic E-state index is 11.1. The Morgan fingerprint density at radius 3 is 1.84 bits per heavy atom. The molecule has 4 heteroatoms. The molecule has 0 atom stereocenters. The van der Waals surface area contributed by atoms with Crippen molar-refractivity contribution in [1.82, 2.24) is 6.15 Å². The lowest BCUT2D eigenvalue weighted by Crippen LogP contribution is -2.05. The third kappa shape index (κ3) is 26.9. The summed E-state index contributed by atoms with van der Waals surface area (Å²) in [5.74, 6) is 1.45. The molecule has 0 aromatic heterocycles. The Morgan fingerprint density at radius 1 is 1.05 bits per heavy atom. The first kappa shape index (κ1) is 23.6. The number of ether oxygens (including phenoxy) is 1. The van der Waals surface area contributed by atoms with Crippen LogP contribution in [-0.4, -0.2) is 30.7 Å². The van der Waals surface area contributed by atoms with E-state index in [1.54, 1.807) is 0 Å². The zero-order valence-electron chi connectivity index (χ0n) is 13.6. The fraction of sp³-hybridized carbons (Fsp3) is 0.933. The van der Waals surface area contributed by atoms with Gasteiger partial charge in [-0.25, -0.2) is 0 Å². The molecular formula is C15H35NO3. The van der Waals surface area contributed by atoms with Gasteiger partial charge in [0, 0.05) is 19.4 Å². The molecule has 4 N–H and O–H groups in total. The Kier molecular flexibility index (Phi) is 21.8. The normalized spacial score (nSPS) is 9.89. The number of hydrogen-bond donors (Lipinski definition) is 2. The Labute approximate surface area is 119 Å². The monoisotopic (exact) mass is 277 g/mol. The van der Waals surface area contributed by atoms with Gasteiger partial charge in [0.2, 0.25) is 0 Å². The SMILES string of the molecule is CC(C)CC(=O)CC(C)C.CCCCOCCO.N. The van der Waals surface area contributed by atoms with E-state index in [2.05, 4.69) is 34.6 Å². The number of aliphatic hydroxyl groups is 1. The fourth-order valence-corrected chi connectivity index (χ4v) is 1.41. The molecule has 0 spiro atoms. The molecule has 0 bridgehead atoms. The lowest BCUT2D eigenvalue weighted by Gasteiger charge is -2.05. The van der Waals surface area contributed by atoms with Crippen LogP contribution < -0.4 is 6.15 Å². The predicted octanol–water partition coefficient (Wildman–Crippen LogP) is 3.61. The number of carbonyl (C=O) groups excluding carboxylic acids is 1. The lowest BCUT2D eigenvalue weighted by molar-refractivity contribution is -0.120. The van der Waals surface area contributed by atoms with E-state index in [0.29, 0.717) is 24.2 Å². The van der Waals surface area contributed by atoms with Crippen LogP contribution in [0.2, 0.25) is 0 Å². The molecule has 0 aliphatic heterocycles. The maximum Gasteiger partial charge on any atom is 0.133 e. The van der Waals surface area contributed by atoms with E-state index in [1.807, 2.05) is 0 Å². The lowest BCUT2D eigenvalue weighted by atomic mass is 10.00. The van der Waals surface area contributed by atoms with Gasteiger partial charge in [-0.1, -0.05) is 41.0 Å². The summed E-state index contributed by atoms with van der Waals surface area (Å²) in [5, 5.41) is 8.24. The summed E-state index contributed by atoms with van der Waals surface area (Å²) >= 11 is 0. The molecule has 0 aliphatic rings. The maximum absolute atomic E-state index is 11.1. The van der Waals surface area contributed by atoms with Gasteiger partial charge in [-0.15, -0.1) is 0 Å². The van der Waals surface area contributed by atoms with Crippen LogP contribution in [0.1, 0.15) is 60.3 Å². The molecule has 0 saturated carbocycles. The third-order valence-corrected chi connectivity index (χ3v) is 2.15. The number of ketones is 1. The highest BCUT2D eigenvalue weighted by Gasteiger charge is 2.06. The first-order valence-electron chi connectivity index (χ1n) is 7.14. The molecule has 0 heterocycles. The van der Waals surface area contributed by atoms with Gasteiger partial charge in [-0.05, 0) is 18.3 Å². The fourth-order valence-electron chi connectivity index (χ4n) is 1.41. The average Bonchev–Trinajstić information content (AvgIpc) is 2.23. The highest BCUT2D eigenvalue weighted by Crippen LogP contribution is 2.07. The van der Waals surface area contributed by atoms with Gasteiger partial charge in [-0.2, -0.15) is 0 Å². The van der Waals surface area contributed by atoms with Crippen molar-refractivity contribution < 1.29 is 14.6 Å². The number of carbonyl (C=O) groups is 1. The highest BCUT2D eigenvalue weighted by molar-refractivity contribution is 5.78. The molecule has 0 rings (SSSR count). The van der Waals surface area contributed by atoms with Crippen LogP contribution in [-0.2, 0) is 9.53 Å². The van der Waals surface area contributed by atoms with Crippen LogP contribution in [0.25, 0.3) is 0 Å². The summed E-state index contributed by atoms with van der Waals surface area (Å²) in [4.78, 5) is 11.1. The van der Waals surface area contributed by atoms with Gasteiger partial charge in [0.1, 0.15) is 5.78 Å². The molecular weight excluding hydrogens is 242 g/mol. The molecule has 118 valence electrons. The number of hydrogen-bond acceptors (Lipinski definition) is 4. The van der Waals surface area contributed by atoms with Crippen molar-refractivity contribution in [3.05, 3.63) is 0 Å². The highest BCUT2D eigenvalue weighted by atomic mass is 16.5. The number of unbranched alkanes of at least 4 members (excludes halogenated alkanes) is 1. The first-order valence-corrected chi connectivity index (χ1v) is 7.14. The van der Waals surface area contributed by atoms with E-state index < -0.39 is 0 Å². The summed E-state index contributed by atoms with van der Waals surface area (Å²) in [6.45, 7) is 11.9. The van der Waals surface area contributed by atoms with Gasteiger partial charge >= 0.3 is 0 Å². The number of rotatable bonds is 9. The predicted molar refractivity (Wildman–Crippen MR) is 81.8 cm³/mol. The zero-order chi connectivity index (χ0) is 14.4. The van der Waals surface area contributed by atoms with Gasteiger partial charge in [0.05, 0.1) is 13.2 Å². The van der Waals surface area contributed by atoms with E-state index in [-0.39, 0.29) is 12.8 Å². The molecule has 0 saturated heterocycles. The first-order chi connectivity index (χ1) is 8.43. The van der Waals surface area contributed by atoms with Crippen molar-refractivity contribution in [2.75, 3.05) is 19.8 Å². The van der Waals surface area contributed by atoms with Crippen molar-refractivity contribution in [1.29, 1.82) is 0 Å². The van der Waals surface area contributed by atoms with Gasteiger partial charge in [-0.3, -0.25) is 4.79 Å². The van der Waals surface area contributed by atoms with Gasteiger partial charge < -0.3 is 16.0 Å². The Morgan fingerprint density at radius 2 is 1.53 bits per heavy atom. The third-order valence-electron chi connectivity index (χ3n) is 2.15. The van der Waals surface area contributed by atoms with E-state index in [1.165, 1.54) is 0 Å². The second-order valence-electron chi connectivity index (χ2n) is 5.42. The van der Waals surface area contributed by atoms with E-state index in [0.717, 1.165) is 32.3 Å². The summed E-state index contributed by atoms with van der Waals surface area (Å²) in [6, 6.07) is 0. The molecule has 0 fully saturated rings. The van der Waals surface area contributed by atoms with Crippen LogP contribution in [0.5, 0.6) is 0 Å². The van der Waals surface area contributed by atoms with Crippen LogP contribution in [0.4, 0.5) is 0 Å². The Balaban J connectivity index is -0.000000262. The smallest absolute Gasteiger partial charge is 0.133 e. The Bertz CT molecular complexity index is 164. The summed E-state index contributed by atoms with van der Waals surface area (Å²) in [6.07, 6.45) is 3.75. The van der Waals surface area contributed by atoms with Crippen molar-refractivity contribution >= 4 is 5.78 Å². The molecule has 0 aromatic rings. The second kappa shape index (κ2) is 17.6. The minimum atomic E-state index is 0. The van der Waals surface area contributed by atoms with Crippen LogP contribution in [0.3, 0.4) is 0 Å². The Hall–Kier alpha value is -0.450. The van der Waals surface area contributed by atoms with Crippen molar-refractivity contribution in [2.24, 2.45) is 11.8 Å². The van der Waals surface area contributed by atoms with Gasteiger partial charge in [0.25, 0.3) is 0 Å². The van der Waals surface area contributed by atoms with Gasteiger partial charge in [0.15, 0.2) is 0 Å². The zero-order valence-corrected chi connectivity index (χ0v) is 13.6. The standard InChI is InChI=1S/C9H18O.C6H14O2.H3N/c1-7(2)5-9(10)6-8(3)4;1-2-3-5-8-6-4-7;/h7-8H,5-6H2,1-4H3;7H,2-6H2,1H3;1H3. The summed E-state index contributed by atoms with van der Waals surface area (Å²) < 4.78 is 4.97. The second-order valence-corrected chi connectivity index (χ2v) is 5.42. The van der Waals surface area contributed by atoms with Crippen molar-refractivity contribution in [3.63, 3.8) is 0 Å². The molecule has 0 radical (unpaired) electrons. The molecule has 0 aliphatic carbocycles. The van der Waals surface area contributed by atoms with Crippen molar-refractivity contribution in [3.8, 4) is 0 Å². The molecule has 0 amide bonds. The topological polar surface area (TPSA) is 81.5 Å². The largest absolute Gasteiger partial charge is 0.394 e. The van der Waals surface area contributed by atoms with E-state index in [9.17, 15) is 4.79 Å². The number of aliphatic hydroxyl groups excluding tert-OH is 1. The quantitative estimate of drug-likeness (QED) is 0.631. The minimum Gasteiger partial charge on any atom is -0.394 e. The van der Waals surface area contributed by atoms with Crippen LogP contribution in [0.15, 0.2) is 0 Å². The van der Waals surface area contributed by atoms with E-state index in [4.69, 9.17) is 9.84 Å². The molecule has 4 nitrogen and oxygen atoms in total. The summed E-state index contributed by atoms with van der Waals surface area (Å²) in [7, 11) is 0. The summed E-state index contributed by atoms with van der Waals surface area (Å²) in [5.41, 5.74) is 0.